The van der Waals surface area contributed by atoms with Crippen LogP contribution in [0.25, 0.3) is 0 Å². The molecule has 0 amide bonds. The Labute approximate surface area is 115 Å². The highest BCUT2D eigenvalue weighted by atomic mass is 79.9. The zero-order valence-electron chi connectivity index (χ0n) is 10.3. The number of aromatic nitrogens is 2. The highest BCUT2D eigenvalue weighted by Gasteiger charge is 2.06. The highest BCUT2D eigenvalue weighted by Crippen LogP contribution is 2.14. The van der Waals surface area contributed by atoms with Crippen LogP contribution in [-0.2, 0) is 13.0 Å². The summed E-state index contributed by atoms with van der Waals surface area (Å²) in [5.74, 6) is 1.37. The molecular formula is C13H16BrN3O. The van der Waals surface area contributed by atoms with Crippen LogP contribution >= 0.6 is 15.9 Å². The molecule has 1 aromatic carbocycles. The Bertz CT molecular complexity index is 498. The van der Waals surface area contributed by atoms with E-state index in [2.05, 4.69) is 50.4 Å². The molecule has 2 aromatic rings. The molecule has 2 rings (SSSR count). The molecule has 0 spiro atoms. The zero-order valence-corrected chi connectivity index (χ0v) is 11.9. The van der Waals surface area contributed by atoms with Gasteiger partial charge >= 0.3 is 0 Å². The van der Waals surface area contributed by atoms with Gasteiger partial charge in [0.2, 0.25) is 5.89 Å². The maximum Gasteiger partial charge on any atom is 0.240 e. The van der Waals surface area contributed by atoms with Crippen LogP contribution in [0.5, 0.6) is 0 Å². The van der Waals surface area contributed by atoms with Crippen molar-refractivity contribution in [3.05, 3.63) is 46.0 Å². The lowest BCUT2D eigenvalue weighted by Gasteiger charge is -1.97. The first-order valence-electron chi connectivity index (χ1n) is 6.04. The minimum atomic E-state index is 0.638. The molecule has 0 atom stereocenters. The molecule has 96 valence electrons. The average molecular weight is 310 g/mol. The zero-order chi connectivity index (χ0) is 12.8. The number of hydrogen-bond acceptors (Lipinski definition) is 4. The number of nitrogens with one attached hydrogen (secondary N) is 1. The van der Waals surface area contributed by atoms with Crippen molar-refractivity contribution in [2.75, 3.05) is 6.54 Å². The van der Waals surface area contributed by atoms with Crippen molar-refractivity contribution in [1.29, 1.82) is 0 Å². The first kappa shape index (κ1) is 13.2. The van der Waals surface area contributed by atoms with Crippen LogP contribution in [0.2, 0.25) is 0 Å². The van der Waals surface area contributed by atoms with Crippen LogP contribution in [0.3, 0.4) is 0 Å². The van der Waals surface area contributed by atoms with E-state index in [0.29, 0.717) is 18.9 Å². The van der Waals surface area contributed by atoms with Crippen molar-refractivity contribution >= 4 is 15.9 Å². The second-order valence-corrected chi connectivity index (χ2v) is 5.00. The van der Waals surface area contributed by atoms with E-state index in [9.17, 15) is 0 Å². The molecule has 18 heavy (non-hydrogen) atoms. The van der Waals surface area contributed by atoms with Gasteiger partial charge in [0.1, 0.15) is 0 Å². The largest absolute Gasteiger partial charge is 0.338 e. The fraction of sp³-hybridized carbons (Fsp3) is 0.385. The Morgan fingerprint density at radius 1 is 1.39 bits per heavy atom. The van der Waals surface area contributed by atoms with Crippen LogP contribution in [0.15, 0.2) is 33.3 Å². The second kappa shape index (κ2) is 6.66. The molecule has 0 aliphatic carbocycles. The molecule has 0 aliphatic heterocycles. The third-order valence-electron chi connectivity index (χ3n) is 2.46. The molecule has 4 nitrogen and oxygen atoms in total. The van der Waals surface area contributed by atoms with Crippen molar-refractivity contribution in [2.24, 2.45) is 0 Å². The number of hydrogen-bond donors (Lipinski definition) is 1. The van der Waals surface area contributed by atoms with Gasteiger partial charge in [-0.3, -0.25) is 0 Å². The second-order valence-electron chi connectivity index (χ2n) is 4.09. The SMILES string of the molecule is CCCNCc1nc(Cc2cccc(Br)c2)no1. The van der Waals surface area contributed by atoms with Gasteiger partial charge in [0, 0.05) is 10.9 Å². The lowest BCUT2D eigenvalue weighted by Crippen LogP contribution is -2.13. The monoisotopic (exact) mass is 309 g/mol. The van der Waals surface area contributed by atoms with Gasteiger partial charge in [0.25, 0.3) is 0 Å². The third kappa shape index (κ3) is 3.92. The van der Waals surface area contributed by atoms with Crippen LogP contribution in [0.4, 0.5) is 0 Å². The summed E-state index contributed by atoms with van der Waals surface area (Å²) in [7, 11) is 0. The fourth-order valence-electron chi connectivity index (χ4n) is 1.64. The van der Waals surface area contributed by atoms with Crippen molar-refractivity contribution < 1.29 is 4.52 Å². The van der Waals surface area contributed by atoms with Gasteiger partial charge in [-0.25, -0.2) is 0 Å². The number of halogens is 1. The molecule has 0 saturated heterocycles. The average Bonchev–Trinajstić information content (AvgIpc) is 2.77. The van der Waals surface area contributed by atoms with E-state index in [1.807, 2.05) is 12.1 Å². The predicted molar refractivity (Wildman–Crippen MR) is 73.2 cm³/mol. The van der Waals surface area contributed by atoms with E-state index < -0.39 is 0 Å². The Balaban J connectivity index is 1.94. The van der Waals surface area contributed by atoms with Gasteiger partial charge in [-0.2, -0.15) is 4.98 Å². The van der Waals surface area contributed by atoms with E-state index in [4.69, 9.17) is 4.52 Å². The Hall–Kier alpha value is -1.20. The van der Waals surface area contributed by atoms with Gasteiger partial charge in [-0.05, 0) is 30.7 Å². The maximum atomic E-state index is 5.18. The minimum absolute atomic E-state index is 0.638. The lowest BCUT2D eigenvalue weighted by atomic mass is 10.1. The van der Waals surface area contributed by atoms with Crippen LogP contribution in [0.1, 0.15) is 30.6 Å². The molecule has 0 saturated carbocycles. The number of rotatable bonds is 6. The summed E-state index contributed by atoms with van der Waals surface area (Å²) < 4.78 is 6.24. The molecular weight excluding hydrogens is 294 g/mol. The molecule has 1 N–H and O–H groups in total. The van der Waals surface area contributed by atoms with Crippen molar-refractivity contribution in [3.63, 3.8) is 0 Å². The summed E-state index contributed by atoms with van der Waals surface area (Å²) in [5, 5.41) is 7.21. The topological polar surface area (TPSA) is 51.0 Å². The van der Waals surface area contributed by atoms with Gasteiger partial charge in [0.05, 0.1) is 6.54 Å². The molecule has 0 unspecified atom stereocenters. The summed E-state index contributed by atoms with van der Waals surface area (Å²) in [6.07, 6.45) is 1.79. The first-order chi connectivity index (χ1) is 8.78. The predicted octanol–water partition coefficient (Wildman–Crippen LogP) is 2.92. The number of benzene rings is 1. The fourth-order valence-corrected chi connectivity index (χ4v) is 2.08. The molecule has 0 fully saturated rings. The Kier molecular flexibility index (Phi) is 4.90. The van der Waals surface area contributed by atoms with E-state index in [1.54, 1.807) is 0 Å². The van der Waals surface area contributed by atoms with Gasteiger partial charge in [0.15, 0.2) is 5.82 Å². The Morgan fingerprint density at radius 2 is 2.28 bits per heavy atom. The molecule has 1 heterocycles. The minimum Gasteiger partial charge on any atom is -0.338 e. The van der Waals surface area contributed by atoms with E-state index in [-0.39, 0.29) is 0 Å². The number of nitrogens with zero attached hydrogens (tertiary/aromatic N) is 2. The quantitative estimate of drug-likeness (QED) is 0.834. The third-order valence-corrected chi connectivity index (χ3v) is 2.96. The standard InChI is InChI=1S/C13H16BrN3O/c1-2-6-15-9-13-16-12(17-18-13)8-10-4-3-5-11(14)7-10/h3-5,7,15H,2,6,8-9H2,1H3. The van der Waals surface area contributed by atoms with Crippen LogP contribution < -0.4 is 5.32 Å². The van der Waals surface area contributed by atoms with Crippen LogP contribution in [-0.4, -0.2) is 16.7 Å². The summed E-state index contributed by atoms with van der Waals surface area (Å²) >= 11 is 3.45. The van der Waals surface area contributed by atoms with Crippen molar-refractivity contribution in [3.8, 4) is 0 Å². The van der Waals surface area contributed by atoms with Crippen molar-refractivity contribution in [2.45, 2.75) is 26.3 Å². The van der Waals surface area contributed by atoms with Gasteiger partial charge < -0.3 is 9.84 Å². The molecule has 0 bridgehead atoms. The summed E-state index contributed by atoms with van der Waals surface area (Å²) in [4.78, 5) is 4.35. The molecule has 5 heteroatoms. The normalized spacial score (nSPS) is 10.8. The lowest BCUT2D eigenvalue weighted by molar-refractivity contribution is 0.363. The Morgan fingerprint density at radius 3 is 3.06 bits per heavy atom. The molecule has 0 radical (unpaired) electrons. The summed E-state index contributed by atoms with van der Waals surface area (Å²) in [6, 6.07) is 8.12. The van der Waals surface area contributed by atoms with Crippen LogP contribution in [0, 0.1) is 0 Å². The molecule has 0 aliphatic rings. The van der Waals surface area contributed by atoms with Gasteiger partial charge in [-0.15, -0.1) is 0 Å². The smallest absolute Gasteiger partial charge is 0.240 e. The van der Waals surface area contributed by atoms with E-state index in [0.717, 1.165) is 23.3 Å². The maximum absolute atomic E-state index is 5.18. The highest BCUT2D eigenvalue weighted by molar-refractivity contribution is 9.10. The summed E-state index contributed by atoms with van der Waals surface area (Å²) in [5.41, 5.74) is 1.17. The molecule has 1 aromatic heterocycles. The van der Waals surface area contributed by atoms with Gasteiger partial charge in [-0.1, -0.05) is 40.1 Å². The summed E-state index contributed by atoms with van der Waals surface area (Å²) in [6.45, 7) is 3.72. The first-order valence-corrected chi connectivity index (χ1v) is 6.84. The van der Waals surface area contributed by atoms with E-state index >= 15 is 0 Å². The van der Waals surface area contributed by atoms with Crippen molar-refractivity contribution in [1.82, 2.24) is 15.5 Å². The van der Waals surface area contributed by atoms with E-state index in [1.165, 1.54) is 5.56 Å².